The monoisotopic (exact) mass is 259 g/mol. The number of benzene rings is 2. The standard InChI is InChI=1S/C14H14FN3O/c1-8-3-2-4-12(13(8)15)18-9-5-6-11(16)10(7-9)14(17)19/h2-7,18H,16H2,1H3,(H2,17,19). The number of amides is 1. The molecule has 19 heavy (non-hydrogen) atoms. The van der Waals surface area contributed by atoms with Gasteiger partial charge in [-0.05, 0) is 36.8 Å². The SMILES string of the molecule is Cc1cccc(Nc2ccc(N)c(C(N)=O)c2)c1F. The van der Waals surface area contributed by atoms with Crippen LogP contribution < -0.4 is 16.8 Å². The fraction of sp³-hybridized carbons (Fsp3) is 0.0714. The molecular formula is C14H14FN3O. The summed E-state index contributed by atoms with van der Waals surface area (Å²) in [4.78, 5) is 11.2. The van der Waals surface area contributed by atoms with Crippen molar-refractivity contribution in [2.45, 2.75) is 6.92 Å². The molecule has 2 aromatic rings. The first-order valence-electron chi connectivity index (χ1n) is 5.70. The first-order valence-corrected chi connectivity index (χ1v) is 5.70. The number of rotatable bonds is 3. The van der Waals surface area contributed by atoms with E-state index in [1.807, 2.05) is 0 Å². The fourth-order valence-corrected chi connectivity index (χ4v) is 1.75. The van der Waals surface area contributed by atoms with Gasteiger partial charge in [0.1, 0.15) is 5.82 Å². The van der Waals surface area contributed by atoms with Crippen molar-refractivity contribution in [2.75, 3.05) is 11.1 Å². The van der Waals surface area contributed by atoms with Gasteiger partial charge in [-0.25, -0.2) is 4.39 Å². The molecule has 5 heteroatoms. The van der Waals surface area contributed by atoms with Gasteiger partial charge in [-0.2, -0.15) is 0 Å². The van der Waals surface area contributed by atoms with E-state index in [-0.39, 0.29) is 11.4 Å². The highest BCUT2D eigenvalue weighted by molar-refractivity contribution is 5.99. The Kier molecular flexibility index (Phi) is 3.37. The second-order valence-electron chi connectivity index (χ2n) is 4.23. The van der Waals surface area contributed by atoms with E-state index in [0.717, 1.165) is 0 Å². The zero-order valence-corrected chi connectivity index (χ0v) is 10.4. The predicted molar refractivity (Wildman–Crippen MR) is 73.8 cm³/mol. The van der Waals surface area contributed by atoms with Gasteiger partial charge in [0.15, 0.2) is 0 Å². The number of carbonyl (C=O) groups is 1. The topological polar surface area (TPSA) is 81.1 Å². The lowest BCUT2D eigenvalue weighted by atomic mass is 10.1. The molecule has 0 aliphatic carbocycles. The molecule has 0 spiro atoms. The molecule has 0 unspecified atom stereocenters. The van der Waals surface area contributed by atoms with Gasteiger partial charge in [-0.1, -0.05) is 12.1 Å². The van der Waals surface area contributed by atoms with E-state index in [1.165, 1.54) is 6.07 Å². The number of nitrogens with one attached hydrogen (secondary N) is 1. The van der Waals surface area contributed by atoms with Gasteiger partial charge < -0.3 is 16.8 Å². The summed E-state index contributed by atoms with van der Waals surface area (Å²) in [6.07, 6.45) is 0. The molecule has 0 fully saturated rings. The van der Waals surface area contributed by atoms with Crippen molar-refractivity contribution in [1.29, 1.82) is 0 Å². The van der Waals surface area contributed by atoms with E-state index in [1.54, 1.807) is 37.3 Å². The number of carbonyl (C=O) groups excluding carboxylic acids is 1. The van der Waals surface area contributed by atoms with Crippen molar-refractivity contribution in [3.05, 3.63) is 53.3 Å². The highest BCUT2D eigenvalue weighted by Gasteiger charge is 2.09. The number of nitrogens with two attached hydrogens (primary N) is 2. The van der Waals surface area contributed by atoms with Crippen LogP contribution in [-0.4, -0.2) is 5.91 Å². The van der Waals surface area contributed by atoms with Gasteiger partial charge in [0.05, 0.1) is 11.3 Å². The summed E-state index contributed by atoms with van der Waals surface area (Å²) in [6.45, 7) is 1.68. The first kappa shape index (κ1) is 12.9. The fourth-order valence-electron chi connectivity index (χ4n) is 1.75. The van der Waals surface area contributed by atoms with Crippen molar-refractivity contribution < 1.29 is 9.18 Å². The van der Waals surface area contributed by atoms with Crippen LogP contribution in [0.1, 0.15) is 15.9 Å². The molecule has 98 valence electrons. The quantitative estimate of drug-likeness (QED) is 0.741. The number of hydrogen-bond donors (Lipinski definition) is 3. The van der Waals surface area contributed by atoms with Crippen LogP contribution in [0.3, 0.4) is 0 Å². The van der Waals surface area contributed by atoms with Crippen molar-refractivity contribution in [1.82, 2.24) is 0 Å². The maximum Gasteiger partial charge on any atom is 0.250 e. The zero-order chi connectivity index (χ0) is 14.0. The Labute approximate surface area is 110 Å². The highest BCUT2D eigenvalue weighted by Crippen LogP contribution is 2.24. The van der Waals surface area contributed by atoms with E-state index in [9.17, 15) is 9.18 Å². The molecule has 0 heterocycles. The Morgan fingerprint density at radius 2 is 2.00 bits per heavy atom. The minimum absolute atomic E-state index is 0.207. The number of hydrogen-bond acceptors (Lipinski definition) is 3. The lowest BCUT2D eigenvalue weighted by Crippen LogP contribution is -2.13. The molecule has 4 nitrogen and oxygen atoms in total. The number of anilines is 3. The zero-order valence-electron chi connectivity index (χ0n) is 10.4. The number of primary amides is 1. The summed E-state index contributed by atoms with van der Waals surface area (Å²) in [5, 5.41) is 2.90. The van der Waals surface area contributed by atoms with Gasteiger partial charge >= 0.3 is 0 Å². The van der Waals surface area contributed by atoms with Crippen molar-refractivity contribution in [2.24, 2.45) is 5.73 Å². The van der Waals surface area contributed by atoms with Crippen molar-refractivity contribution in [3.8, 4) is 0 Å². The lowest BCUT2D eigenvalue weighted by Gasteiger charge is -2.11. The Bertz CT molecular complexity index is 641. The average Bonchev–Trinajstić information content (AvgIpc) is 2.37. The van der Waals surface area contributed by atoms with Gasteiger partial charge in [0, 0.05) is 11.4 Å². The molecule has 5 N–H and O–H groups in total. The normalized spacial score (nSPS) is 10.2. The van der Waals surface area contributed by atoms with Crippen molar-refractivity contribution >= 4 is 23.0 Å². The maximum absolute atomic E-state index is 13.8. The molecule has 0 bridgehead atoms. The summed E-state index contributed by atoms with van der Waals surface area (Å²) >= 11 is 0. The van der Waals surface area contributed by atoms with E-state index < -0.39 is 5.91 Å². The third kappa shape index (κ3) is 2.65. The van der Waals surface area contributed by atoms with Crippen LogP contribution in [0.4, 0.5) is 21.5 Å². The largest absolute Gasteiger partial charge is 0.398 e. The summed E-state index contributed by atoms with van der Waals surface area (Å²) < 4.78 is 13.8. The van der Waals surface area contributed by atoms with E-state index in [0.29, 0.717) is 22.6 Å². The minimum Gasteiger partial charge on any atom is -0.398 e. The van der Waals surface area contributed by atoms with E-state index >= 15 is 0 Å². The van der Waals surface area contributed by atoms with Gasteiger partial charge in [0.25, 0.3) is 5.91 Å². The Morgan fingerprint density at radius 3 is 2.68 bits per heavy atom. The Morgan fingerprint density at radius 1 is 1.26 bits per heavy atom. The summed E-state index contributed by atoms with van der Waals surface area (Å²) in [6, 6.07) is 9.74. The van der Waals surface area contributed by atoms with Gasteiger partial charge in [0.2, 0.25) is 0 Å². The van der Waals surface area contributed by atoms with Crippen LogP contribution in [-0.2, 0) is 0 Å². The number of aryl methyl sites for hydroxylation is 1. The smallest absolute Gasteiger partial charge is 0.250 e. The lowest BCUT2D eigenvalue weighted by molar-refractivity contribution is 0.100. The predicted octanol–water partition coefficient (Wildman–Crippen LogP) is 2.56. The van der Waals surface area contributed by atoms with Gasteiger partial charge in [-0.3, -0.25) is 4.79 Å². The molecule has 0 saturated heterocycles. The maximum atomic E-state index is 13.8. The first-order chi connectivity index (χ1) is 8.99. The van der Waals surface area contributed by atoms with Crippen molar-refractivity contribution in [3.63, 3.8) is 0 Å². The van der Waals surface area contributed by atoms with Crippen LogP contribution in [0.2, 0.25) is 0 Å². The minimum atomic E-state index is -0.620. The third-order valence-corrected chi connectivity index (χ3v) is 2.79. The molecule has 0 atom stereocenters. The van der Waals surface area contributed by atoms with E-state index in [4.69, 9.17) is 11.5 Å². The molecule has 0 aliphatic rings. The molecule has 2 aromatic carbocycles. The van der Waals surface area contributed by atoms with Crippen LogP contribution in [0.15, 0.2) is 36.4 Å². The van der Waals surface area contributed by atoms with Crippen LogP contribution in [0.25, 0.3) is 0 Å². The summed E-state index contributed by atoms with van der Waals surface area (Å²) in [7, 11) is 0. The molecule has 0 aliphatic heterocycles. The summed E-state index contributed by atoms with van der Waals surface area (Å²) in [5.74, 6) is -0.953. The second kappa shape index (κ2) is 4.97. The van der Waals surface area contributed by atoms with Crippen LogP contribution in [0, 0.1) is 12.7 Å². The number of halogens is 1. The highest BCUT2D eigenvalue weighted by atomic mass is 19.1. The molecule has 1 amide bonds. The number of nitrogen functional groups attached to an aromatic ring is 1. The third-order valence-electron chi connectivity index (χ3n) is 2.79. The van der Waals surface area contributed by atoms with E-state index in [2.05, 4.69) is 5.32 Å². The van der Waals surface area contributed by atoms with Gasteiger partial charge in [-0.15, -0.1) is 0 Å². The summed E-state index contributed by atoms with van der Waals surface area (Å²) in [5.41, 5.74) is 12.8. The average molecular weight is 259 g/mol. The van der Waals surface area contributed by atoms with Crippen LogP contribution >= 0.6 is 0 Å². The molecule has 0 saturated carbocycles. The Balaban J connectivity index is 2.36. The van der Waals surface area contributed by atoms with Crippen LogP contribution in [0.5, 0.6) is 0 Å². The molecular weight excluding hydrogens is 245 g/mol. The Hall–Kier alpha value is -2.56. The molecule has 2 rings (SSSR count). The second-order valence-corrected chi connectivity index (χ2v) is 4.23. The molecule has 0 radical (unpaired) electrons. The molecule has 0 aromatic heterocycles.